The molecule has 0 unspecified atom stereocenters. The number of benzene rings is 1. The maximum atomic E-state index is 12.3. The minimum Gasteiger partial charge on any atom is -0.395 e. The number of H-pyrrole nitrogens is 1. The van der Waals surface area contributed by atoms with Crippen LogP contribution in [0.3, 0.4) is 0 Å². The molecule has 6 nitrogen and oxygen atoms in total. The molecule has 20 heavy (non-hydrogen) atoms. The predicted octanol–water partition coefficient (Wildman–Crippen LogP) is 1.23. The van der Waals surface area contributed by atoms with Crippen molar-refractivity contribution in [2.45, 2.75) is 13.8 Å². The van der Waals surface area contributed by atoms with E-state index in [-0.39, 0.29) is 12.5 Å². The second-order valence-corrected chi connectivity index (χ2v) is 4.43. The quantitative estimate of drug-likeness (QED) is 0.859. The third-order valence-corrected chi connectivity index (χ3v) is 3.00. The van der Waals surface area contributed by atoms with E-state index in [4.69, 9.17) is 5.11 Å². The molecule has 6 heteroatoms. The largest absolute Gasteiger partial charge is 0.395 e. The fourth-order valence-corrected chi connectivity index (χ4v) is 1.97. The van der Waals surface area contributed by atoms with Crippen LogP contribution in [0.2, 0.25) is 0 Å². The van der Waals surface area contributed by atoms with Crippen LogP contribution in [-0.4, -0.2) is 50.8 Å². The van der Waals surface area contributed by atoms with Gasteiger partial charge in [0.2, 0.25) is 0 Å². The molecule has 2 N–H and O–H groups in total. The van der Waals surface area contributed by atoms with Crippen LogP contribution in [0.1, 0.15) is 23.1 Å². The Kier molecular flexibility index (Phi) is 4.47. The molecule has 1 aromatic heterocycles. The third kappa shape index (κ3) is 3.03. The van der Waals surface area contributed by atoms with Crippen molar-refractivity contribution < 1.29 is 9.90 Å². The van der Waals surface area contributed by atoms with Gasteiger partial charge in [0.1, 0.15) is 5.82 Å². The third-order valence-electron chi connectivity index (χ3n) is 3.00. The van der Waals surface area contributed by atoms with Gasteiger partial charge >= 0.3 is 0 Å². The molecule has 2 aromatic rings. The summed E-state index contributed by atoms with van der Waals surface area (Å²) in [6.07, 6.45) is 0. The Labute approximate surface area is 117 Å². The number of rotatable bonds is 5. The van der Waals surface area contributed by atoms with Crippen LogP contribution in [0.5, 0.6) is 0 Å². The molecule has 2 rings (SSSR count). The Bertz CT molecular complexity index is 594. The maximum Gasteiger partial charge on any atom is 0.253 e. The summed E-state index contributed by atoms with van der Waals surface area (Å²) < 4.78 is 0. The van der Waals surface area contributed by atoms with Gasteiger partial charge in [-0.25, -0.2) is 4.98 Å². The van der Waals surface area contributed by atoms with Gasteiger partial charge in [-0.05, 0) is 26.0 Å². The lowest BCUT2D eigenvalue weighted by molar-refractivity contribution is 0.0732. The number of aryl methyl sites for hydroxylation is 1. The van der Waals surface area contributed by atoms with Crippen molar-refractivity contribution in [1.82, 2.24) is 20.1 Å². The number of likely N-dealkylation sites (N-methyl/N-ethyl adjacent to an activating group) is 1. The fraction of sp³-hybridized carbons (Fsp3) is 0.357. The fourth-order valence-electron chi connectivity index (χ4n) is 1.97. The van der Waals surface area contributed by atoms with Gasteiger partial charge in [-0.3, -0.25) is 9.89 Å². The van der Waals surface area contributed by atoms with E-state index < -0.39 is 0 Å². The molecule has 0 aliphatic heterocycles. The van der Waals surface area contributed by atoms with Crippen LogP contribution >= 0.6 is 0 Å². The van der Waals surface area contributed by atoms with Crippen LogP contribution in [0.4, 0.5) is 0 Å². The van der Waals surface area contributed by atoms with Crippen molar-refractivity contribution in [2.75, 3.05) is 19.7 Å². The number of aromatic amines is 1. The van der Waals surface area contributed by atoms with E-state index in [0.717, 1.165) is 11.4 Å². The average Bonchev–Trinajstić information content (AvgIpc) is 2.91. The van der Waals surface area contributed by atoms with E-state index >= 15 is 0 Å². The van der Waals surface area contributed by atoms with Gasteiger partial charge in [0.05, 0.1) is 6.61 Å². The summed E-state index contributed by atoms with van der Waals surface area (Å²) in [5.41, 5.74) is 1.36. The van der Waals surface area contributed by atoms with Crippen LogP contribution in [0.15, 0.2) is 24.3 Å². The first-order chi connectivity index (χ1) is 9.65. The molecule has 0 fully saturated rings. The Hall–Kier alpha value is -2.21. The standard InChI is InChI=1S/C14H18N4O2/c1-3-18(7-8-19)14(20)12-6-4-5-11(9-12)13-15-10(2)16-17-13/h4-6,9,19H,3,7-8H2,1-2H3,(H,15,16,17). The van der Waals surface area contributed by atoms with E-state index in [9.17, 15) is 4.79 Å². The van der Waals surface area contributed by atoms with Crippen LogP contribution in [0, 0.1) is 6.92 Å². The van der Waals surface area contributed by atoms with Crippen molar-refractivity contribution in [2.24, 2.45) is 0 Å². The summed E-state index contributed by atoms with van der Waals surface area (Å²) in [6.45, 7) is 4.56. The van der Waals surface area contributed by atoms with Crippen molar-refractivity contribution in [3.8, 4) is 11.4 Å². The van der Waals surface area contributed by atoms with Gasteiger partial charge < -0.3 is 10.0 Å². The smallest absolute Gasteiger partial charge is 0.253 e. The molecular formula is C14H18N4O2. The zero-order valence-corrected chi connectivity index (χ0v) is 11.6. The summed E-state index contributed by atoms with van der Waals surface area (Å²) in [4.78, 5) is 18.2. The molecule has 1 heterocycles. The molecular weight excluding hydrogens is 256 g/mol. The molecule has 1 aromatic carbocycles. The zero-order chi connectivity index (χ0) is 14.5. The van der Waals surface area contributed by atoms with Gasteiger partial charge in [0, 0.05) is 24.2 Å². The molecule has 0 saturated heterocycles. The minimum atomic E-state index is -0.101. The first-order valence-electron chi connectivity index (χ1n) is 6.55. The Morgan fingerprint density at radius 2 is 2.25 bits per heavy atom. The summed E-state index contributed by atoms with van der Waals surface area (Å²) in [6, 6.07) is 7.19. The predicted molar refractivity (Wildman–Crippen MR) is 75.2 cm³/mol. The van der Waals surface area contributed by atoms with E-state index in [1.807, 2.05) is 19.9 Å². The Morgan fingerprint density at radius 1 is 1.45 bits per heavy atom. The highest BCUT2D eigenvalue weighted by atomic mass is 16.3. The number of hydrogen-bond acceptors (Lipinski definition) is 4. The van der Waals surface area contributed by atoms with Crippen LogP contribution < -0.4 is 0 Å². The lowest BCUT2D eigenvalue weighted by atomic mass is 10.1. The highest BCUT2D eigenvalue weighted by Gasteiger charge is 2.15. The topological polar surface area (TPSA) is 82.1 Å². The van der Waals surface area contributed by atoms with Crippen LogP contribution in [-0.2, 0) is 0 Å². The molecule has 0 radical (unpaired) electrons. The summed E-state index contributed by atoms with van der Waals surface area (Å²) in [7, 11) is 0. The van der Waals surface area contributed by atoms with Crippen molar-refractivity contribution >= 4 is 5.91 Å². The SMILES string of the molecule is CCN(CCO)C(=O)c1cccc(-c2n[nH]c(C)n2)c1. The number of aliphatic hydroxyl groups is 1. The molecule has 106 valence electrons. The molecule has 0 spiro atoms. The first-order valence-corrected chi connectivity index (χ1v) is 6.55. The molecule has 0 bridgehead atoms. The molecule has 0 atom stereocenters. The first kappa shape index (κ1) is 14.2. The van der Waals surface area contributed by atoms with Gasteiger partial charge in [-0.15, -0.1) is 0 Å². The molecule has 0 aliphatic carbocycles. The average molecular weight is 274 g/mol. The Morgan fingerprint density at radius 3 is 2.85 bits per heavy atom. The zero-order valence-electron chi connectivity index (χ0n) is 11.6. The van der Waals surface area contributed by atoms with Gasteiger partial charge in [0.15, 0.2) is 5.82 Å². The highest BCUT2D eigenvalue weighted by Crippen LogP contribution is 2.17. The molecule has 0 aliphatic rings. The minimum absolute atomic E-state index is 0.0423. The number of nitrogens with zero attached hydrogens (tertiary/aromatic N) is 3. The van der Waals surface area contributed by atoms with Gasteiger partial charge in [-0.1, -0.05) is 12.1 Å². The van der Waals surface area contributed by atoms with Crippen molar-refractivity contribution in [3.63, 3.8) is 0 Å². The number of aliphatic hydroxyl groups excluding tert-OH is 1. The number of carbonyl (C=O) groups is 1. The second-order valence-electron chi connectivity index (χ2n) is 4.43. The van der Waals surface area contributed by atoms with E-state index in [1.54, 1.807) is 23.1 Å². The number of hydrogen-bond donors (Lipinski definition) is 2. The summed E-state index contributed by atoms with van der Waals surface area (Å²) in [5.74, 6) is 1.20. The molecule has 0 saturated carbocycles. The maximum absolute atomic E-state index is 12.3. The number of aromatic nitrogens is 3. The normalized spacial score (nSPS) is 10.6. The number of carbonyl (C=O) groups excluding carboxylic acids is 1. The van der Waals surface area contributed by atoms with Crippen molar-refractivity contribution in [3.05, 3.63) is 35.7 Å². The highest BCUT2D eigenvalue weighted by molar-refractivity contribution is 5.95. The second kappa shape index (κ2) is 6.29. The van der Waals surface area contributed by atoms with Crippen LogP contribution in [0.25, 0.3) is 11.4 Å². The van der Waals surface area contributed by atoms with Gasteiger partial charge in [-0.2, -0.15) is 5.10 Å². The van der Waals surface area contributed by atoms with Gasteiger partial charge in [0.25, 0.3) is 5.91 Å². The van der Waals surface area contributed by atoms with E-state index in [2.05, 4.69) is 15.2 Å². The lowest BCUT2D eigenvalue weighted by Crippen LogP contribution is -2.33. The van der Waals surface area contributed by atoms with E-state index in [0.29, 0.717) is 24.5 Å². The summed E-state index contributed by atoms with van der Waals surface area (Å²) >= 11 is 0. The van der Waals surface area contributed by atoms with Crippen molar-refractivity contribution in [1.29, 1.82) is 0 Å². The van der Waals surface area contributed by atoms with E-state index in [1.165, 1.54) is 0 Å². The number of nitrogens with one attached hydrogen (secondary N) is 1. The number of amides is 1. The molecule has 1 amide bonds. The Balaban J connectivity index is 2.27. The summed E-state index contributed by atoms with van der Waals surface area (Å²) in [5, 5.41) is 15.8. The lowest BCUT2D eigenvalue weighted by Gasteiger charge is -2.19. The monoisotopic (exact) mass is 274 g/mol.